The third-order valence-corrected chi connectivity index (χ3v) is 5.12. The Morgan fingerprint density at radius 2 is 2.03 bits per heavy atom. The van der Waals surface area contributed by atoms with E-state index in [9.17, 15) is 10.1 Å². The zero-order valence-corrected chi connectivity index (χ0v) is 17.2. The second-order valence-corrected chi connectivity index (χ2v) is 7.08. The van der Waals surface area contributed by atoms with Crippen molar-refractivity contribution in [3.8, 4) is 23.6 Å². The molecule has 10 nitrogen and oxygen atoms in total. The number of nitrogens with zero attached hydrogens (tertiary/aromatic N) is 7. The Balaban J connectivity index is 1.56. The molecule has 10 heteroatoms. The minimum Gasteiger partial charge on any atom is -0.481 e. The number of hydrogen-bond acceptors (Lipinski definition) is 8. The molecule has 0 radical (unpaired) electrons. The fraction of sp³-hybridized carbons (Fsp3) is 0.333. The number of ether oxygens (including phenoxy) is 2. The number of methoxy groups -OCH3 is 1. The van der Waals surface area contributed by atoms with Gasteiger partial charge in [-0.25, -0.2) is 4.98 Å². The number of amides is 1. The molecule has 1 saturated heterocycles. The molecule has 4 rings (SSSR count). The lowest BCUT2D eigenvalue weighted by Crippen LogP contribution is -2.44. The molecule has 1 atom stereocenters. The summed E-state index contributed by atoms with van der Waals surface area (Å²) in [5, 5.41) is 17.4. The highest BCUT2D eigenvalue weighted by Gasteiger charge is 2.29. The Hall–Kier alpha value is -4.00. The molecule has 0 spiro atoms. The number of pyridine rings is 2. The van der Waals surface area contributed by atoms with Gasteiger partial charge in [-0.2, -0.15) is 20.4 Å². The highest BCUT2D eigenvalue weighted by molar-refractivity contribution is 5.97. The van der Waals surface area contributed by atoms with Crippen LogP contribution in [0, 0.1) is 18.3 Å². The summed E-state index contributed by atoms with van der Waals surface area (Å²) in [6.07, 6.45) is 5.94. The number of nitriles is 1. The number of piperidine rings is 1. The molecular formula is C21H21N7O3. The predicted molar refractivity (Wildman–Crippen MR) is 109 cm³/mol. The fourth-order valence-electron chi connectivity index (χ4n) is 3.49. The van der Waals surface area contributed by atoms with E-state index in [4.69, 9.17) is 9.47 Å². The highest BCUT2D eigenvalue weighted by atomic mass is 16.5. The molecule has 0 bridgehead atoms. The van der Waals surface area contributed by atoms with Crippen LogP contribution in [0.4, 0.5) is 0 Å². The zero-order chi connectivity index (χ0) is 21.8. The molecule has 1 aliphatic rings. The first-order valence-electron chi connectivity index (χ1n) is 9.84. The van der Waals surface area contributed by atoms with Crippen LogP contribution in [0.25, 0.3) is 5.82 Å². The number of aromatic nitrogens is 5. The first kappa shape index (κ1) is 20.3. The van der Waals surface area contributed by atoms with Crippen LogP contribution < -0.4 is 9.47 Å². The van der Waals surface area contributed by atoms with Gasteiger partial charge < -0.3 is 14.4 Å². The Morgan fingerprint density at radius 1 is 1.23 bits per heavy atom. The van der Waals surface area contributed by atoms with E-state index in [1.54, 1.807) is 36.2 Å². The van der Waals surface area contributed by atoms with E-state index in [1.807, 2.05) is 0 Å². The van der Waals surface area contributed by atoms with E-state index >= 15 is 0 Å². The third-order valence-electron chi connectivity index (χ3n) is 5.12. The van der Waals surface area contributed by atoms with Gasteiger partial charge in [0.2, 0.25) is 11.8 Å². The van der Waals surface area contributed by atoms with Gasteiger partial charge in [0.1, 0.15) is 6.10 Å². The van der Waals surface area contributed by atoms with E-state index in [0.717, 1.165) is 12.8 Å². The summed E-state index contributed by atoms with van der Waals surface area (Å²) in [4.78, 5) is 25.0. The highest BCUT2D eigenvalue weighted by Crippen LogP contribution is 2.24. The SMILES string of the molecule is COc1ccc(C(=O)N2CCC[C@@H](Oc3nccc(C#N)c3C)C2)c(-n2nccn2)n1. The van der Waals surface area contributed by atoms with Crippen LogP contribution in [0.5, 0.6) is 11.8 Å². The van der Waals surface area contributed by atoms with Gasteiger partial charge >= 0.3 is 0 Å². The zero-order valence-electron chi connectivity index (χ0n) is 17.2. The summed E-state index contributed by atoms with van der Waals surface area (Å²) in [6, 6.07) is 7.09. The van der Waals surface area contributed by atoms with E-state index in [2.05, 4.69) is 26.2 Å². The molecule has 0 saturated carbocycles. The van der Waals surface area contributed by atoms with E-state index in [1.165, 1.54) is 24.3 Å². The number of carbonyl (C=O) groups excluding carboxylic acids is 1. The lowest BCUT2D eigenvalue weighted by atomic mass is 10.1. The van der Waals surface area contributed by atoms with Crippen LogP contribution in [0.1, 0.15) is 34.3 Å². The Labute approximate surface area is 179 Å². The molecule has 158 valence electrons. The van der Waals surface area contributed by atoms with Gasteiger partial charge in [0.15, 0.2) is 5.82 Å². The summed E-state index contributed by atoms with van der Waals surface area (Å²) in [5.41, 5.74) is 1.59. The summed E-state index contributed by atoms with van der Waals surface area (Å²) in [6.45, 7) is 2.80. The first-order chi connectivity index (χ1) is 15.1. The minimum atomic E-state index is -0.227. The molecule has 0 N–H and O–H groups in total. The summed E-state index contributed by atoms with van der Waals surface area (Å²) in [7, 11) is 1.51. The van der Waals surface area contributed by atoms with Crippen molar-refractivity contribution in [2.45, 2.75) is 25.9 Å². The van der Waals surface area contributed by atoms with Crippen molar-refractivity contribution in [3.63, 3.8) is 0 Å². The van der Waals surface area contributed by atoms with Gasteiger partial charge in [-0.3, -0.25) is 4.79 Å². The van der Waals surface area contributed by atoms with Crippen LogP contribution in [0.2, 0.25) is 0 Å². The van der Waals surface area contributed by atoms with Crippen molar-refractivity contribution in [2.24, 2.45) is 0 Å². The largest absolute Gasteiger partial charge is 0.481 e. The van der Waals surface area contributed by atoms with Crippen LogP contribution >= 0.6 is 0 Å². The number of carbonyl (C=O) groups is 1. The topological polar surface area (TPSA) is 119 Å². The van der Waals surface area contributed by atoms with Crippen LogP contribution in [0.3, 0.4) is 0 Å². The van der Waals surface area contributed by atoms with E-state index < -0.39 is 0 Å². The summed E-state index contributed by atoms with van der Waals surface area (Å²) >= 11 is 0. The average Bonchev–Trinajstić information content (AvgIpc) is 3.35. The second-order valence-electron chi connectivity index (χ2n) is 7.08. The van der Waals surface area contributed by atoms with Crippen molar-refractivity contribution >= 4 is 5.91 Å². The van der Waals surface area contributed by atoms with Gasteiger partial charge in [0.05, 0.1) is 43.2 Å². The molecule has 3 aromatic rings. The van der Waals surface area contributed by atoms with E-state index in [-0.39, 0.29) is 12.0 Å². The fourth-order valence-corrected chi connectivity index (χ4v) is 3.49. The Bertz CT molecular complexity index is 1120. The summed E-state index contributed by atoms with van der Waals surface area (Å²) < 4.78 is 11.3. The van der Waals surface area contributed by atoms with Crippen LogP contribution in [0.15, 0.2) is 36.8 Å². The number of likely N-dealkylation sites (tertiary alicyclic amines) is 1. The predicted octanol–water partition coefficient (Wildman–Crippen LogP) is 1.93. The smallest absolute Gasteiger partial charge is 0.257 e. The van der Waals surface area contributed by atoms with Gasteiger partial charge in [-0.15, -0.1) is 4.80 Å². The van der Waals surface area contributed by atoms with Crippen molar-refractivity contribution in [3.05, 3.63) is 53.5 Å². The van der Waals surface area contributed by atoms with Crippen LogP contribution in [-0.2, 0) is 0 Å². The molecule has 3 aromatic heterocycles. The quantitative estimate of drug-likeness (QED) is 0.615. The van der Waals surface area contributed by atoms with E-state index in [0.29, 0.717) is 47.4 Å². The number of hydrogen-bond donors (Lipinski definition) is 0. The maximum absolute atomic E-state index is 13.3. The average molecular weight is 419 g/mol. The minimum absolute atomic E-state index is 0.189. The van der Waals surface area contributed by atoms with Gasteiger partial charge in [0, 0.05) is 24.4 Å². The molecule has 31 heavy (non-hydrogen) atoms. The van der Waals surface area contributed by atoms with Crippen molar-refractivity contribution in [2.75, 3.05) is 20.2 Å². The molecule has 4 heterocycles. The molecule has 0 aromatic carbocycles. The molecular weight excluding hydrogens is 398 g/mol. The number of rotatable bonds is 5. The lowest BCUT2D eigenvalue weighted by Gasteiger charge is -2.33. The van der Waals surface area contributed by atoms with Gasteiger partial charge in [0.25, 0.3) is 5.91 Å². The lowest BCUT2D eigenvalue weighted by molar-refractivity contribution is 0.0525. The molecule has 0 unspecified atom stereocenters. The van der Waals surface area contributed by atoms with Crippen LogP contribution in [-0.4, -0.2) is 62.1 Å². The molecule has 1 amide bonds. The maximum atomic E-state index is 13.3. The third kappa shape index (κ3) is 4.16. The van der Waals surface area contributed by atoms with Crippen molar-refractivity contribution in [1.29, 1.82) is 5.26 Å². The maximum Gasteiger partial charge on any atom is 0.257 e. The van der Waals surface area contributed by atoms with Crippen molar-refractivity contribution in [1.82, 2.24) is 29.9 Å². The Kier molecular flexibility index (Phi) is 5.75. The molecule has 1 aliphatic heterocycles. The standard InChI is InChI=1S/C21H21N7O3/c1-14-15(12-22)7-8-23-20(14)31-16-4-3-11-27(13-16)21(29)17-5-6-18(30-2)26-19(17)28-24-9-10-25-28/h5-10,16H,3-4,11,13H2,1-2H3/t16-/m1/s1. The Morgan fingerprint density at radius 3 is 2.77 bits per heavy atom. The molecule has 1 fully saturated rings. The van der Waals surface area contributed by atoms with Gasteiger partial charge in [-0.05, 0) is 31.9 Å². The normalized spacial score (nSPS) is 15.9. The second kappa shape index (κ2) is 8.79. The van der Waals surface area contributed by atoms with Crippen molar-refractivity contribution < 1.29 is 14.3 Å². The van der Waals surface area contributed by atoms with Gasteiger partial charge in [-0.1, -0.05) is 0 Å². The molecule has 0 aliphatic carbocycles. The first-order valence-corrected chi connectivity index (χ1v) is 9.84. The summed E-state index contributed by atoms with van der Waals surface area (Å²) in [5.74, 6) is 0.899. The monoisotopic (exact) mass is 419 g/mol.